The van der Waals surface area contributed by atoms with Crippen LogP contribution in [-0.2, 0) is 4.79 Å². The monoisotopic (exact) mass is 392 g/mol. The Hall–Kier alpha value is -3.48. The van der Waals surface area contributed by atoms with E-state index in [0.29, 0.717) is 17.3 Å². The van der Waals surface area contributed by atoms with E-state index in [1.54, 1.807) is 24.3 Å². The Bertz CT molecular complexity index is 993. The second-order valence-electron chi connectivity index (χ2n) is 7.03. The number of rotatable bonds is 7. The van der Waals surface area contributed by atoms with Crippen LogP contribution >= 0.6 is 0 Å². The summed E-state index contributed by atoms with van der Waals surface area (Å²) in [6.07, 6.45) is 0.242. The van der Waals surface area contributed by atoms with Gasteiger partial charge in [-0.2, -0.15) is 0 Å². The van der Waals surface area contributed by atoms with Crippen molar-refractivity contribution in [3.05, 3.63) is 59.7 Å². The highest BCUT2D eigenvalue weighted by Gasteiger charge is 2.13. The highest BCUT2D eigenvalue weighted by atomic mass is 16.4. The van der Waals surface area contributed by atoms with Crippen LogP contribution in [0.4, 0.5) is 0 Å². The average Bonchev–Trinajstić information content (AvgIpc) is 3.17. The Morgan fingerprint density at radius 2 is 1.69 bits per heavy atom. The molecule has 0 atom stereocenters. The Morgan fingerprint density at radius 1 is 1.00 bits per heavy atom. The molecule has 0 aliphatic heterocycles. The summed E-state index contributed by atoms with van der Waals surface area (Å²) >= 11 is 0. The minimum absolute atomic E-state index is 0.0850. The van der Waals surface area contributed by atoms with Crippen molar-refractivity contribution in [1.82, 2.24) is 20.8 Å². The lowest BCUT2D eigenvalue weighted by molar-refractivity contribution is -0.121. The van der Waals surface area contributed by atoms with Crippen LogP contribution < -0.4 is 10.6 Å². The molecule has 0 fully saturated rings. The molecule has 150 valence electrons. The van der Waals surface area contributed by atoms with Gasteiger partial charge in [0, 0.05) is 35.7 Å². The molecule has 0 saturated heterocycles. The van der Waals surface area contributed by atoms with Crippen molar-refractivity contribution in [1.29, 1.82) is 0 Å². The number of carbonyl (C=O) groups excluding carboxylic acids is 2. The second kappa shape index (κ2) is 9.14. The molecule has 2 aromatic carbocycles. The van der Waals surface area contributed by atoms with Gasteiger partial charge in [0.25, 0.3) is 5.91 Å². The van der Waals surface area contributed by atoms with Gasteiger partial charge < -0.3 is 15.1 Å². The molecule has 3 aromatic rings. The van der Waals surface area contributed by atoms with Crippen molar-refractivity contribution in [2.24, 2.45) is 0 Å². The predicted molar refractivity (Wildman–Crippen MR) is 110 cm³/mol. The molecular formula is C22H24N4O3. The fourth-order valence-electron chi connectivity index (χ4n) is 2.81. The normalized spacial score (nSPS) is 10.8. The van der Waals surface area contributed by atoms with E-state index in [1.807, 2.05) is 45.0 Å². The fourth-order valence-corrected chi connectivity index (χ4v) is 2.81. The summed E-state index contributed by atoms with van der Waals surface area (Å²) in [5, 5.41) is 13.8. The minimum atomic E-state index is -0.236. The lowest BCUT2D eigenvalue weighted by Crippen LogP contribution is -2.34. The largest absolute Gasteiger partial charge is 0.416 e. The molecule has 1 aromatic heterocycles. The number of benzene rings is 2. The van der Waals surface area contributed by atoms with Crippen molar-refractivity contribution in [2.45, 2.75) is 33.2 Å². The summed E-state index contributed by atoms with van der Waals surface area (Å²) in [4.78, 5) is 23.8. The summed E-state index contributed by atoms with van der Waals surface area (Å²) in [5.41, 5.74) is 3.17. The van der Waals surface area contributed by atoms with Crippen LogP contribution in [-0.4, -0.2) is 34.6 Å². The molecule has 2 N–H and O–H groups in total. The van der Waals surface area contributed by atoms with E-state index in [-0.39, 0.29) is 30.8 Å². The number of nitrogens with zero attached hydrogens (tertiary/aromatic N) is 2. The molecule has 2 amide bonds. The lowest BCUT2D eigenvalue weighted by atomic mass is 10.1. The maximum atomic E-state index is 12.2. The van der Waals surface area contributed by atoms with Crippen molar-refractivity contribution >= 4 is 11.8 Å². The van der Waals surface area contributed by atoms with Gasteiger partial charge in [-0.3, -0.25) is 9.59 Å². The van der Waals surface area contributed by atoms with Crippen LogP contribution in [0.1, 0.15) is 36.2 Å². The minimum Gasteiger partial charge on any atom is -0.416 e. The third-order valence-corrected chi connectivity index (χ3v) is 4.28. The summed E-state index contributed by atoms with van der Waals surface area (Å²) in [6, 6.07) is 14.8. The van der Waals surface area contributed by atoms with E-state index < -0.39 is 0 Å². The van der Waals surface area contributed by atoms with Crippen LogP contribution in [0.15, 0.2) is 52.9 Å². The molecular weight excluding hydrogens is 368 g/mol. The lowest BCUT2D eigenvalue weighted by Gasteiger charge is -2.09. The van der Waals surface area contributed by atoms with Crippen molar-refractivity contribution in [3.8, 4) is 22.9 Å². The van der Waals surface area contributed by atoms with E-state index in [9.17, 15) is 9.59 Å². The van der Waals surface area contributed by atoms with Crippen molar-refractivity contribution < 1.29 is 14.0 Å². The molecule has 0 aliphatic rings. The zero-order chi connectivity index (χ0) is 20.8. The first-order valence-electron chi connectivity index (χ1n) is 9.51. The standard InChI is InChI=1S/C22H24N4O3/c1-14(2)24-19(27)12-13-23-20(28)16-8-10-17(11-9-16)21-25-26-22(29-21)18-7-5-4-6-15(18)3/h4-11,14H,12-13H2,1-3H3,(H,23,28)(H,24,27). The Morgan fingerprint density at radius 3 is 2.38 bits per heavy atom. The fraction of sp³-hybridized carbons (Fsp3) is 0.273. The third-order valence-electron chi connectivity index (χ3n) is 4.28. The van der Waals surface area contributed by atoms with Crippen LogP contribution in [0.5, 0.6) is 0 Å². The first kappa shape index (κ1) is 20.3. The van der Waals surface area contributed by atoms with Crippen LogP contribution in [0.3, 0.4) is 0 Å². The molecule has 0 unspecified atom stereocenters. The first-order chi connectivity index (χ1) is 13.9. The molecule has 0 saturated carbocycles. The summed E-state index contributed by atoms with van der Waals surface area (Å²) in [6.45, 7) is 6.05. The van der Waals surface area contributed by atoms with E-state index >= 15 is 0 Å². The van der Waals surface area contributed by atoms with Crippen molar-refractivity contribution in [2.75, 3.05) is 6.54 Å². The molecule has 3 rings (SSSR count). The van der Waals surface area contributed by atoms with E-state index in [0.717, 1.165) is 16.7 Å². The summed E-state index contributed by atoms with van der Waals surface area (Å²) < 4.78 is 5.79. The second-order valence-corrected chi connectivity index (χ2v) is 7.03. The van der Waals surface area contributed by atoms with Crippen molar-refractivity contribution in [3.63, 3.8) is 0 Å². The van der Waals surface area contributed by atoms with Gasteiger partial charge in [0.1, 0.15) is 0 Å². The number of hydrogen-bond acceptors (Lipinski definition) is 5. The van der Waals surface area contributed by atoms with E-state index in [1.165, 1.54) is 0 Å². The molecule has 7 nitrogen and oxygen atoms in total. The predicted octanol–water partition coefficient (Wildman–Crippen LogP) is 3.36. The average molecular weight is 392 g/mol. The maximum absolute atomic E-state index is 12.2. The van der Waals surface area contributed by atoms with Crippen LogP contribution in [0.2, 0.25) is 0 Å². The zero-order valence-electron chi connectivity index (χ0n) is 16.7. The Labute approximate surface area is 169 Å². The van der Waals surface area contributed by atoms with Gasteiger partial charge >= 0.3 is 0 Å². The quantitative estimate of drug-likeness (QED) is 0.643. The van der Waals surface area contributed by atoms with Gasteiger partial charge in [-0.05, 0) is 56.7 Å². The van der Waals surface area contributed by atoms with Gasteiger partial charge in [-0.1, -0.05) is 18.2 Å². The molecule has 0 aliphatic carbocycles. The number of hydrogen-bond donors (Lipinski definition) is 2. The van der Waals surface area contributed by atoms with Gasteiger partial charge in [-0.25, -0.2) is 0 Å². The number of nitrogens with one attached hydrogen (secondary N) is 2. The van der Waals surface area contributed by atoms with Crippen LogP contribution in [0, 0.1) is 6.92 Å². The summed E-state index contributed by atoms with van der Waals surface area (Å²) in [7, 11) is 0. The number of aromatic nitrogens is 2. The first-order valence-corrected chi connectivity index (χ1v) is 9.51. The molecule has 0 radical (unpaired) electrons. The molecule has 1 heterocycles. The molecule has 0 bridgehead atoms. The zero-order valence-corrected chi connectivity index (χ0v) is 16.7. The highest BCUT2D eigenvalue weighted by molar-refractivity contribution is 5.94. The van der Waals surface area contributed by atoms with Gasteiger partial charge in [0.15, 0.2) is 0 Å². The Kier molecular flexibility index (Phi) is 6.39. The third kappa shape index (κ3) is 5.28. The Balaban J connectivity index is 1.61. The molecule has 29 heavy (non-hydrogen) atoms. The van der Waals surface area contributed by atoms with E-state index in [2.05, 4.69) is 20.8 Å². The highest BCUT2D eigenvalue weighted by Crippen LogP contribution is 2.26. The molecule has 7 heteroatoms. The topological polar surface area (TPSA) is 97.1 Å². The number of carbonyl (C=O) groups is 2. The summed E-state index contributed by atoms with van der Waals surface area (Å²) in [5.74, 6) is 0.525. The SMILES string of the molecule is Cc1ccccc1-c1nnc(-c2ccc(C(=O)NCCC(=O)NC(C)C)cc2)o1. The number of amides is 2. The maximum Gasteiger partial charge on any atom is 0.251 e. The van der Waals surface area contributed by atoms with Gasteiger partial charge in [0.05, 0.1) is 0 Å². The smallest absolute Gasteiger partial charge is 0.251 e. The van der Waals surface area contributed by atoms with Gasteiger partial charge in [-0.15, -0.1) is 10.2 Å². The number of aryl methyl sites for hydroxylation is 1. The van der Waals surface area contributed by atoms with E-state index in [4.69, 9.17) is 4.42 Å². The van der Waals surface area contributed by atoms with Gasteiger partial charge in [0.2, 0.25) is 17.7 Å². The molecule has 0 spiro atoms. The van der Waals surface area contributed by atoms with Crippen LogP contribution in [0.25, 0.3) is 22.9 Å².